The Morgan fingerprint density at radius 3 is 2.95 bits per heavy atom. The van der Waals surface area contributed by atoms with E-state index in [9.17, 15) is 4.39 Å². The van der Waals surface area contributed by atoms with Crippen molar-refractivity contribution in [2.75, 3.05) is 11.2 Å². The van der Waals surface area contributed by atoms with Crippen molar-refractivity contribution in [2.45, 2.75) is 51.5 Å². The van der Waals surface area contributed by atoms with Crippen molar-refractivity contribution in [3.05, 3.63) is 17.8 Å². The van der Waals surface area contributed by atoms with E-state index in [1.54, 1.807) is 0 Å². The van der Waals surface area contributed by atoms with E-state index in [1.165, 1.54) is 12.7 Å². The zero-order valence-electron chi connectivity index (χ0n) is 11.5. The molecule has 0 spiro atoms. The highest BCUT2D eigenvalue weighted by Gasteiger charge is 2.35. The second-order valence-electron chi connectivity index (χ2n) is 5.58. The van der Waals surface area contributed by atoms with Crippen molar-refractivity contribution < 1.29 is 4.39 Å². The lowest BCUT2D eigenvalue weighted by Gasteiger charge is -2.39. The van der Waals surface area contributed by atoms with Crippen LogP contribution in [0.3, 0.4) is 0 Å². The lowest BCUT2D eigenvalue weighted by Crippen LogP contribution is -2.44. The van der Waals surface area contributed by atoms with Crippen molar-refractivity contribution in [3.8, 4) is 0 Å². The molecule has 0 bridgehead atoms. The van der Waals surface area contributed by atoms with Gasteiger partial charge in [-0.3, -0.25) is 0 Å². The summed E-state index contributed by atoms with van der Waals surface area (Å²) in [4.78, 5) is 8.00. The molecule has 1 N–H and O–H groups in total. The molecule has 1 aliphatic rings. The Kier molecular flexibility index (Phi) is 4.61. The number of hydrogen-bond donors (Lipinski definition) is 1. The highest BCUT2D eigenvalue weighted by molar-refractivity contribution is 6.18. The van der Waals surface area contributed by atoms with Crippen molar-refractivity contribution in [2.24, 2.45) is 5.92 Å². The Hall–Kier alpha value is -0.900. The van der Waals surface area contributed by atoms with E-state index in [-0.39, 0.29) is 11.4 Å². The largest absolute Gasteiger partial charge is 0.361 e. The summed E-state index contributed by atoms with van der Waals surface area (Å²) in [6.07, 6.45) is 6.24. The van der Waals surface area contributed by atoms with Gasteiger partial charge in [-0.25, -0.2) is 14.4 Å². The zero-order chi connectivity index (χ0) is 13.9. The van der Waals surface area contributed by atoms with Crippen LogP contribution in [0.4, 0.5) is 10.2 Å². The molecule has 1 heterocycles. The predicted octanol–water partition coefficient (Wildman–Crippen LogP) is 3.78. The van der Waals surface area contributed by atoms with Gasteiger partial charge in [0.25, 0.3) is 0 Å². The third-order valence-electron chi connectivity index (χ3n) is 3.93. The fraction of sp³-hybridized carbons (Fsp3) is 0.714. The molecule has 0 radical (unpaired) electrons. The van der Waals surface area contributed by atoms with Gasteiger partial charge in [0, 0.05) is 5.88 Å². The van der Waals surface area contributed by atoms with E-state index in [0.29, 0.717) is 29.7 Å². The summed E-state index contributed by atoms with van der Waals surface area (Å²) in [5.41, 5.74) is 0.213. The van der Waals surface area contributed by atoms with Crippen LogP contribution >= 0.6 is 11.6 Å². The van der Waals surface area contributed by atoms with Crippen molar-refractivity contribution in [3.63, 3.8) is 0 Å². The Bertz CT molecular complexity index is 441. The van der Waals surface area contributed by atoms with E-state index in [0.717, 1.165) is 19.3 Å². The van der Waals surface area contributed by atoms with Gasteiger partial charge in [0.05, 0.1) is 11.2 Å². The van der Waals surface area contributed by atoms with Crippen molar-refractivity contribution >= 4 is 17.4 Å². The number of nitrogens with zero attached hydrogens (tertiary/aromatic N) is 2. The van der Waals surface area contributed by atoms with Crippen LogP contribution in [0, 0.1) is 11.7 Å². The summed E-state index contributed by atoms with van der Waals surface area (Å²) in [5.74, 6) is 1.03. The molecule has 106 valence electrons. The minimum absolute atomic E-state index is 0.237. The molecule has 1 aliphatic carbocycles. The van der Waals surface area contributed by atoms with Gasteiger partial charge in [0.2, 0.25) is 0 Å². The molecule has 2 rings (SSSR count). The number of alkyl halides is 1. The van der Waals surface area contributed by atoms with Gasteiger partial charge in [0.1, 0.15) is 6.33 Å². The number of nitrogens with one attached hydrogen (secondary N) is 1. The standard InChI is InChI=1S/C14H21ClFN3/c1-3-11-12(16)13(18-9-17-11)19-14(8-15)6-4-5-10(2)7-14/h9-10H,3-8H2,1-2H3,(H,17,18,19). The van der Waals surface area contributed by atoms with Gasteiger partial charge in [0.15, 0.2) is 11.6 Å². The topological polar surface area (TPSA) is 37.8 Å². The number of aryl methyl sites for hydroxylation is 1. The second-order valence-corrected chi connectivity index (χ2v) is 5.84. The smallest absolute Gasteiger partial charge is 0.186 e. The van der Waals surface area contributed by atoms with E-state index < -0.39 is 0 Å². The average Bonchev–Trinajstić information content (AvgIpc) is 2.41. The summed E-state index contributed by atoms with van der Waals surface area (Å²) in [7, 11) is 0. The van der Waals surface area contributed by atoms with E-state index in [4.69, 9.17) is 11.6 Å². The second kappa shape index (κ2) is 6.04. The summed E-state index contributed by atoms with van der Waals surface area (Å²) in [6, 6.07) is 0. The van der Waals surface area contributed by atoms with Gasteiger partial charge in [-0.05, 0) is 25.2 Å². The highest BCUT2D eigenvalue weighted by atomic mass is 35.5. The molecule has 0 amide bonds. The third-order valence-corrected chi connectivity index (χ3v) is 4.44. The van der Waals surface area contributed by atoms with E-state index >= 15 is 0 Å². The monoisotopic (exact) mass is 285 g/mol. The Morgan fingerprint density at radius 1 is 1.53 bits per heavy atom. The van der Waals surface area contributed by atoms with Crippen LogP contribution in [0.5, 0.6) is 0 Å². The summed E-state index contributed by atoms with van der Waals surface area (Å²) in [5, 5.41) is 3.26. The predicted molar refractivity (Wildman–Crippen MR) is 76.1 cm³/mol. The van der Waals surface area contributed by atoms with Crippen LogP contribution in [0.2, 0.25) is 0 Å². The molecule has 1 aromatic heterocycles. The van der Waals surface area contributed by atoms with Gasteiger partial charge in [-0.15, -0.1) is 11.6 Å². The van der Waals surface area contributed by atoms with E-state index in [1.807, 2.05) is 6.92 Å². The Morgan fingerprint density at radius 2 is 2.32 bits per heavy atom. The molecule has 0 aliphatic heterocycles. The minimum Gasteiger partial charge on any atom is -0.361 e. The lowest BCUT2D eigenvalue weighted by atomic mass is 9.77. The van der Waals surface area contributed by atoms with Gasteiger partial charge < -0.3 is 5.32 Å². The third kappa shape index (κ3) is 3.16. The van der Waals surface area contributed by atoms with Gasteiger partial charge in [-0.2, -0.15) is 0 Å². The number of aromatic nitrogens is 2. The lowest BCUT2D eigenvalue weighted by molar-refractivity contribution is 0.278. The molecule has 2 atom stereocenters. The quantitative estimate of drug-likeness (QED) is 0.856. The first-order valence-corrected chi connectivity index (χ1v) is 7.47. The summed E-state index contributed by atoms with van der Waals surface area (Å²) >= 11 is 6.15. The first kappa shape index (κ1) is 14.5. The van der Waals surface area contributed by atoms with Crippen molar-refractivity contribution in [1.82, 2.24) is 9.97 Å². The molecule has 5 heteroatoms. The maximum atomic E-state index is 14.2. The normalized spacial score (nSPS) is 27.3. The first-order chi connectivity index (χ1) is 9.10. The van der Waals surface area contributed by atoms with Crippen LogP contribution in [0.15, 0.2) is 6.33 Å². The molecular weight excluding hydrogens is 265 g/mol. The maximum Gasteiger partial charge on any atom is 0.186 e. The number of halogens is 2. The summed E-state index contributed by atoms with van der Waals surface area (Å²) in [6.45, 7) is 4.10. The molecule has 3 nitrogen and oxygen atoms in total. The maximum absolute atomic E-state index is 14.2. The van der Waals surface area contributed by atoms with Crippen LogP contribution < -0.4 is 5.32 Å². The molecular formula is C14H21ClFN3. The SMILES string of the molecule is CCc1ncnc(NC2(CCl)CCCC(C)C2)c1F. The molecule has 0 aromatic carbocycles. The first-order valence-electron chi connectivity index (χ1n) is 6.94. The Labute approximate surface area is 119 Å². The van der Waals surface area contributed by atoms with Crippen LogP contribution in [-0.2, 0) is 6.42 Å². The molecule has 19 heavy (non-hydrogen) atoms. The zero-order valence-corrected chi connectivity index (χ0v) is 12.3. The molecule has 0 saturated heterocycles. The van der Waals surface area contributed by atoms with Crippen molar-refractivity contribution in [1.29, 1.82) is 0 Å². The minimum atomic E-state index is -0.340. The van der Waals surface area contributed by atoms with Gasteiger partial charge >= 0.3 is 0 Å². The molecule has 2 unspecified atom stereocenters. The summed E-state index contributed by atoms with van der Waals surface area (Å²) < 4.78 is 14.2. The average molecular weight is 286 g/mol. The fourth-order valence-electron chi connectivity index (χ4n) is 2.92. The van der Waals surface area contributed by atoms with Crippen LogP contribution in [-0.4, -0.2) is 21.4 Å². The fourth-order valence-corrected chi connectivity index (χ4v) is 3.23. The number of anilines is 1. The Balaban J connectivity index is 2.23. The number of hydrogen-bond acceptors (Lipinski definition) is 3. The van der Waals surface area contributed by atoms with E-state index in [2.05, 4.69) is 22.2 Å². The van der Waals surface area contributed by atoms with Crippen LogP contribution in [0.1, 0.15) is 45.2 Å². The van der Waals surface area contributed by atoms with Gasteiger partial charge in [-0.1, -0.05) is 26.7 Å². The van der Waals surface area contributed by atoms with Crippen LogP contribution in [0.25, 0.3) is 0 Å². The molecule has 1 fully saturated rings. The molecule has 1 aromatic rings. The highest BCUT2D eigenvalue weighted by Crippen LogP contribution is 2.36. The number of rotatable bonds is 4. The molecule has 1 saturated carbocycles.